The van der Waals surface area contributed by atoms with Crippen molar-refractivity contribution in [3.05, 3.63) is 64.7 Å². The first-order valence-electron chi connectivity index (χ1n) is 8.06. The van der Waals surface area contributed by atoms with Crippen molar-refractivity contribution in [2.45, 2.75) is 25.1 Å². The second kappa shape index (κ2) is 7.45. The van der Waals surface area contributed by atoms with Crippen molar-refractivity contribution in [3.63, 3.8) is 0 Å². The third kappa shape index (κ3) is 4.50. The lowest BCUT2D eigenvalue weighted by Crippen LogP contribution is -2.13. The Balaban J connectivity index is 1.78. The van der Waals surface area contributed by atoms with Crippen molar-refractivity contribution >= 4 is 38.1 Å². The second-order valence-electron chi connectivity index (χ2n) is 6.12. The Labute approximate surface area is 161 Å². The van der Waals surface area contributed by atoms with Gasteiger partial charge in [0, 0.05) is 5.56 Å². The predicted octanol–water partition coefficient (Wildman–Crippen LogP) is 3.52. The zero-order chi connectivity index (χ0) is 19.6. The molecule has 0 saturated carbocycles. The number of aromatic nitrogens is 2. The van der Waals surface area contributed by atoms with Crippen LogP contribution in [0.3, 0.4) is 0 Å². The average molecular weight is 403 g/mol. The Morgan fingerprint density at radius 3 is 2.48 bits per heavy atom. The molecule has 7 nitrogen and oxygen atoms in total. The van der Waals surface area contributed by atoms with Gasteiger partial charge < -0.3 is 0 Å². The van der Waals surface area contributed by atoms with Crippen LogP contribution >= 0.6 is 11.3 Å². The molecule has 3 rings (SSSR count). The van der Waals surface area contributed by atoms with Crippen molar-refractivity contribution in [2.24, 2.45) is 0 Å². The number of carbonyl (C=O) groups is 1. The van der Waals surface area contributed by atoms with Crippen LogP contribution in [0.5, 0.6) is 0 Å². The van der Waals surface area contributed by atoms with Gasteiger partial charge in [-0.2, -0.15) is 8.42 Å². The number of sulfonamides is 1. The first-order valence-corrected chi connectivity index (χ1v) is 10.4. The SMILES string of the molecule is Cc1cccc(C(=O)Nc2nnc(S(=O)(=O)Nc3cc(C)ccc3C)s2)c1. The van der Waals surface area contributed by atoms with E-state index in [2.05, 4.69) is 20.2 Å². The number of nitrogens with zero attached hydrogens (tertiary/aromatic N) is 2. The van der Waals surface area contributed by atoms with Gasteiger partial charge in [0.15, 0.2) is 0 Å². The minimum Gasteiger partial charge on any atom is -0.296 e. The molecule has 1 amide bonds. The summed E-state index contributed by atoms with van der Waals surface area (Å²) in [5.74, 6) is -0.374. The van der Waals surface area contributed by atoms with E-state index in [4.69, 9.17) is 0 Å². The highest BCUT2D eigenvalue weighted by molar-refractivity contribution is 7.94. The maximum Gasteiger partial charge on any atom is 0.291 e. The van der Waals surface area contributed by atoms with Crippen LogP contribution in [0.25, 0.3) is 0 Å². The summed E-state index contributed by atoms with van der Waals surface area (Å²) in [6, 6.07) is 12.5. The van der Waals surface area contributed by atoms with E-state index in [1.54, 1.807) is 24.3 Å². The number of hydrogen-bond acceptors (Lipinski definition) is 6. The third-order valence-corrected chi connectivity index (χ3v) is 6.35. The number of amides is 1. The molecule has 9 heteroatoms. The van der Waals surface area contributed by atoms with Crippen molar-refractivity contribution in [1.82, 2.24) is 10.2 Å². The zero-order valence-electron chi connectivity index (χ0n) is 15.0. The number of nitrogens with one attached hydrogen (secondary N) is 2. The van der Waals surface area contributed by atoms with E-state index in [0.717, 1.165) is 28.0 Å². The number of carbonyl (C=O) groups excluding carboxylic acids is 1. The van der Waals surface area contributed by atoms with Crippen LogP contribution in [-0.4, -0.2) is 24.5 Å². The van der Waals surface area contributed by atoms with Gasteiger partial charge in [0.1, 0.15) is 0 Å². The van der Waals surface area contributed by atoms with E-state index in [9.17, 15) is 13.2 Å². The summed E-state index contributed by atoms with van der Waals surface area (Å²) >= 11 is 0.792. The summed E-state index contributed by atoms with van der Waals surface area (Å²) in [6.45, 7) is 5.57. The van der Waals surface area contributed by atoms with Crippen molar-refractivity contribution in [2.75, 3.05) is 10.0 Å². The molecule has 1 heterocycles. The molecule has 0 unspecified atom stereocenters. The summed E-state index contributed by atoms with van der Waals surface area (Å²) in [6.07, 6.45) is 0. The molecule has 0 radical (unpaired) electrons. The van der Waals surface area contributed by atoms with Gasteiger partial charge in [-0.1, -0.05) is 41.2 Å². The van der Waals surface area contributed by atoms with E-state index >= 15 is 0 Å². The average Bonchev–Trinajstić information content (AvgIpc) is 3.07. The highest BCUT2D eigenvalue weighted by Crippen LogP contribution is 2.25. The summed E-state index contributed by atoms with van der Waals surface area (Å²) in [4.78, 5) is 12.3. The van der Waals surface area contributed by atoms with Crippen molar-refractivity contribution in [3.8, 4) is 0 Å². The Bertz CT molecular complexity index is 1110. The molecule has 0 aliphatic rings. The standard InChI is InChI=1S/C18H18N4O3S2/c1-11-5-4-6-14(9-11)16(23)19-17-20-21-18(26-17)27(24,25)22-15-10-12(2)7-8-13(15)3/h4-10,22H,1-3H3,(H,19,20,23). The molecule has 140 valence electrons. The maximum atomic E-state index is 12.6. The van der Waals surface area contributed by atoms with Crippen LogP contribution < -0.4 is 10.0 Å². The molecule has 0 fully saturated rings. The quantitative estimate of drug-likeness (QED) is 0.636. The summed E-state index contributed by atoms with van der Waals surface area (Å²) in [5.41, 5.74) is 3.61. The second-order valence-corrected chi connectivity index (χ2v) is 8.95. The van der Waals surface area contributed by atoms with Gasteiger partial charge in [0.25, 0.3) is 20.3 Å². The number of benzene rings is 2. The van der Waals surface area contributed by atoms with Gasteiger partial charge in [0.2, 0.25) is 5.13 Å². The lowest BCUT2D eigenvalue weighted by molar-refractivity contribution is 0.102. The molecule has 2 aromatic carbocycles. The smallest absolute Gasteiger partial charge is 0.291 e. The zero-order valence-corrected chi connectivity index (χ0v) is 16.6. The van der Waals surface area contributed by atoms with Crippen LogP contribution in [0.1, 0.15) is 27.0 Å². The number of hydrogen-bond donors (Lipinski definition) is 2. The Hall–Kier alpha value is -2.78. The van der Waals surface area contributed by atoms with E-state index in [1.165, 1.54) is 0 Å². The lowest BCUT2D eigenvalue weighted by Gasteiger charge is -2.09. The Morgan fingerprint density at radius 1 is 1.00 bits per heavy atom. The predicted molar refractivity (Wildman–Crippen MR) is 106 cm³/mol. The van der Waals surface area contributed by atoms with E-state index in [-0.39, 0.29) is 15.4 Å². The first-order chi connectivity index (χ1) is 12.7. The van der Waals surface area contributed by atoms with Crippen LogP contribution in [0.2, 0.25) is 0 Å². The summed E-state index contributed by atoms with van der Waals surface area (Å²) in [5, 5.41) is 10.2. The minimum atomic E-state index is -3.90. The van der Waals surface area contributed by atoms with Gasteiger partial charge in [-0.15, -0.1) is 10.2 Å². The largest absolute Gasteiger partial charge is 0.296 e. The number of aryl methyl sites for hydroxylation is 3. The molecule has 0 aliphatic carbocycles. The highest BCUT2D eigenvalue weighted by Gasteiger charge is 2.22. The molecule has 0 saturated heterocycles. The van der Waals surface area contributed by atoms with Gasteiger partial charge in [0.05, 0.1) is 5.69 Å². The van der Waals surface area contributed by atoms with Gasteiger partial charge in [-0.05, 0) is 50.1 Å². The molecule has 0 bridgehead atoms. The fourth-order valence-corrected chi connectivity index (χ4v) is 4.38. The molecule has 27 heavy (non-hydrogen) atoms. The topological polar surface area (TPSA) is 101 Å². The molecule has 2 N–H and O–H groups in total. The summed E-state index contributed by atoms with van der Waals surface area (Å²) in [7, 11) is -3.90. The molecule has 0 atom stereocenters. The summed E-state index contributed by atoms with van der Waals surface area (Å²) < 4.78 is 27.4. The maximum absolute atomic E-state index is 12.6. The van der Waals surface area contributed by atoms with Crippen molar-refractivity contribution < 1.29 is 13.2 Å². The molecular weight excluding hydrogens is 384 g/mol. The molecular formula is C18H18N4O3S2. The van der Waals surface area contributed by atoms with Crippen LogP contribution in [0, 0.1) is 20.8 Å². The number of anilines is 2. The Kier molecular flexibility index (Phi) is 5.24. The molecule has 0 spiro atoms. The van der Waals surface area contributed by atoms with Gasteiger partial charge in [-0.3, -0.25) is 14.8 Å². The van der Waals surface area contributed by atoms with Crippen molar-refractivity contribution in [1.29, 1.82) is 0 Å². The number of rotatable bonds is 5. The van der Waals surface area contributed by atoms with E-state index in [0.29, 0.717) is 11.3 Å². The van der Waals surface area contributed by atoms with Gasteiger partial charge in [-0.25, -0.2) is 0 Å². The minimum absolute atomic E-state index is 0.114. The third-order valence-electron chi connectivity index (χ3n) is 3.77. The first kappa shape index (κ1) is 19.0. The molecule has 0 aliphatic heterocycles. The van der Waals surface area contributed by atoms with E-state index in [1.807, 2.05) is 39.0 Å². The van der Waals surface area contributed by atoms with Crippen LogP contribution in [0.4, 0.5) is 10.8 Å². The molecule has 1 aromatic heterocycles. The van der Waals surface area contributed by atoms with Gasteiger partial charge >= 0.3 is 0 Å². The normalized spacial score (nSPS) is 11.2. The van der Waals surface area contributed by atoms with Crippen LogP contribution in [0.15, 0.2) is 46.8 Å². The van der Waals surface area contributed by atoms with E-state index < -0.39 is 10.0 Å². The lowest BCUT2D eigenvalue weighted by atomic mass is 10.1. The van der Waals surface area contributed by atoms with Crippen LogP contribution in [-0.2, 0) is 10.0 Å². The monoisotopic (exact) mass is 402 g/mol. The molecule has 3 aromatic rings. The fraction of sp³-hybridized carbons (Fsp3) is 0.167. The fourth-order valence-electron chi connectivity index (χ4n) is 2.36. The Morgan fingerprint density at radius 2 is 1.74 bits per heavy atom. The highest BCUT2D eigenvalue weighted by atomic mass is 32.2.